The monoisotopic (exact) mass is 427 g/mol. The van der Waals surface area contributed by atoms with Gasteiger partial charge in [-0.2, -0.15) is 0 Å². The third-order valence-electron chi connectivity index (χ3n) is 4.59. The van der Waals surface area contributed by atoms with Crippen LogP contribution in [0.15, 0.2) is 48.5 Å². The molecule has 1 aliphatic rings. The fraction of sp³-hybridized carbons (Fsp3) is 0.286. The van der Waals surface area contributed by atoms with Crippen molar-refractivity contribution >= 4 is 29.2 Å². The van der Waals surface area contributed by atoms with Crippen molar-refractivity contribution in [3.63, 3.8) is 0 Å². The van der Waals surface area contributed by atoms with Crippen LogP contribution in [-0.2, 0) is 25.5 Å². The molecule has 0 bridgehead atoms. The lowest BCUT2D eigenvalue weighted by atomic mass is 10.1. The van der Waals surface area contributed by atoms with E-state index >= 15 is 0 Å². The van der Waals surface area contributed by atoms with E-state index in [2.05, 4.69) is 5.32 Å². The van der Waals surface area contributed by atoms with Gasteiger partial charge in [0.25, 0.3) is 11.6 Å². The summed E-state index contributed by atoms with van der Waals surface area (Å²) >= 11 is 0. The number of hydrogen-bond donors (Lipinski definition) is 1. The first-order chi connectivity index (χ1) is 14.9. The Morgan fingerprint density at radius 2 is 2.00 bits per heavy atom. The molecule has 0 radical (unpaired) electrons. The molecule has 2 aromatic carbocycles. The predicted octanol–water partition coefficient (Wildman–Crippen LogP) is 1.61. The zero-order valence-electron chi connectivity index (χ0n) is 16.8. The molecule has 0 aliphatic carbocycles. The Kier molecular flexibility index (Phi) is 6.81. The highest BCUT2D eigenvalue weighted by molar-refractivity contribution is 6.02. The number of non-ortho nitro benzene ring substituents is 1. The van der Waals surface area contributed by atoms with Crippen LogP contribution in [0, 0.1) is 10.1 Å². The molecular formula is C21H21N3O7. The first-order valence-electron chi connectivity index (χ1n) is 9.60. The summed E-state index contributed by atoms with van der Waals surface area (Å²) in [7, 11) is 0. The highest BCUT2D eigenvalue weighted by atomic mass is 16.6. The number of fused-ring (bicyclic) bond motifs is 1. The van der Waals surface area contributed by atoms with Gasteiger partial charge in [0, 0.05) is 18.6 Å². The van der Waals surface area contributed by atoms with Crippen molar-refractivity contribution in [1.29, 1.82) is 0 Å². The quantitative estimate of drug-likeness (QED) is 0.385. The second-order valence-electron chi connectivity index (χ2n) is 6.74. The Hall–Kier alpha value is -3.95. The largest absolute Gasteiger partial charge is 0.482 e. The smallest absolute Gasteiger partial charge is 0.328 e. The highest BCUT2D eigenvalue weighted by Gasteiger charge is 2.31. The van der Waals surface area contributed by atoms with Crippen molar-refractivity contribution in [3.8, 4) is 5.75 Å². The maximum Gasteiger partial charge on any atom is 0.328 e. The van der Waals surface area contributed by atoms with E-state index in [9.17, 15) is 24.5 Å². The van der Waals surface area contributed by atoms with Crippen molar-refractivity contribution in [2.75, 3.05) is 24.7 Å². The van der Waals surface area contributed by atoms with Gasteiger partial charge in [-0.15, -0.1) is 0 Å². The molecule has 3 rings (SSSR count). The first kappa shape index (κ1) is 21.8. The fourth-order valence-corrected chi connectivity index (χ4v) is 3.15. The zero-order chi connectivity index (χ0) is 22.4. The Labute approximate surface area is 177 Å². The van der Waals surface area contributed by atoms with E-state index in [1.165, 1.54) is 18.2 Å². The van der Waals surface area contributed by atoms with Crippen LogP contribution >= 0.6 is 0 Å². The lowest BCUT2D eigenvalue weighted by Crippen LogP contribution is -2.50. The van der Waals surface area contributed by atoms with Gasteiger partial charge < -0.3 is 14.8 Å². The number of carbonyl (C=O) groups is 3. The number of esters is 1. The normalized spacial score (nSPS) is 13.6. The first-order valence-corrected chi connectivity index (χ1v) is 9.60. The number of nitro benzene ring substituents is 1. The molecule has 1 atom stereocenters. The van der Waals surface area contributed by atoms with Crippen LogP contribution in [0.3, 0.4) is 0 Å². The van der Waals surface area contributed by atoms with E-state index < -0.39 is 35.3 Å². The minimum Gasteiger partial charge on any atom is -0.482 e. The van der Waals surface area contributed by atoms with Crippen molar-refractivity contribution < 1.29 is 28.8 Å². The molecule has 2 amide bonds. The van der Waals surface area contributed by atoms with Gasteiger partial charge in [0.1, 0.15) is 18.3 Å². The Morgan fingerprint density at radius 3 is 2.68 bits per heavy atom. The third-order valence-corrected chi connectivity index (χ3v) is 4.59. The van der Waals surface area contributed by atoms with E-state index in [4.69, 9.17) is 9.47 Å². The van der Waals surface area contributed by atoms with Gasteiger partial charge in [-0.05, 0) is 18.6 Å². The van der Waals surface area contributed by atoms with Crippen LogP contribution in [0.4, 0.5) is 11.4 Å². The summed E-state index contributed by atoms with van der Waals surface area (Å²) in [4.78, 5) is 49.0. The molecule has 0 saturated carbocycles. The van der Waals surface area contributed by atoms with Gasteiger partial charge in [0.2, 0.25) is 5.91 Å². The predicted molar refractivity (Wildman–Crippen MR) is 110 cm³/mol. The molecule has 162 valence electrons. The van der Waals surface area contributed by atoms with Crippen molar-refractivity contribution in [2.45, 2.75) is 19.4 Å². The second-order valence-corrected chi connectivity index (χ2v) is 6.74. The van der Waals surface area contributed by atoms with E-state index in [1.807, 2.05) is 30.3 Å². The molecule has 1 aliphatic heterocycles. The molecule has 10 nitrogen and oxygen atoms in total. The van der Waals surface area contributed by atoms with E-state index in [-0.39, 0.29) is 36.8 Å². The minimum absolute atomic E-state index is 0.122. The molecule has 1 heterocycles. The number of nitrogens with one attached hydrogen (secondary N) is 1. The number of rotatable bonds is 8. The van der Waals surface area contributed by atoms with Crippen LogP contribution < -0.4 is 15.0 Å². The lowest BCUT2D eigenvalue weighted by Gasteiger charge is -2.29. The van der Waals surface area contributed by atoms with Gasteiger partial charge in [0.05, 0.1) is 17.2 Å². The Morgan fingerprint density at radius 1 is 1.26 bits per heavy atom. The van der Waals surface area contributed by atoms with Crippen LogP contribution in [-0.4, -0.2) is 48.5 Å². The molecule has 0 spiro atoms. The number of nitrogens with zero attached hydrogens (tertiary/aromatic N) is 2. The number of hydrogen-bond acceptors (Lipinski definition) is 7. The molecular weight excluding hydrogens is 406 g/mol. The van der Waals surface area contributed by atoms with Gasteiger partial charge in [-0.1, -0.05) is 30.3 Å². The summed E-state index contributed by atoms with van der Waals surface area (Å²) in [5, 5.41) is 13.7. The molecule has 1 unspecified atom stereocenters. The van der Waals surface area contributed by atoms with Gasteiger partial charge >= 0.3 is 5.97 Å². The van der Waals surface area contributed by atoms with Gasteiger partial charge in [0.15, 0.2) is 6.61 Å². The second kappa shape index (κ2) is 9.70. The summed E-state index contributed by atoms with van der Waals surface area (Å²) in [6, 6.07) is 12.0. The average molecular weight is 427 g/mol. The van der Waals surface area contributed by atoms with Gasteiger partial charge in [-0.3, -0.25) is 24.6 Å². The summed E-state index contributed by atoms with van der Waals surface area (Å²) in [6.07, 6.45) is 0.213. The Bertz CT molecular complexity index is 994. The van der Waals surface area contributed by atoms with Crippen LogP contribution in [0.1, 0.15) is 12.5 Å². The van der Waals surface area contributed by atoms with Crippen molar-refractivity contribution in [2.24, 2.45) is 0 Å². The zero-order valence-corrected chi connectivity index (χ0v) is 16.8. The number of benzene rings is 2. The molecule has 31 heavy (non-hydrogen) atoms. The summed E-state index contributed by atoms with van der Waals surface area (Å²) in [6.45, 7) is 1.08. The topological polar surface area (TPSA) is 128 Å². The van der Waals surface area contributed by atoms with E-state index in [0.717, 1.165) is 10.5 Å². The summed E-state index contributed by atoms with van der Waals surface area (Å²) < 4.78 is 10.4. The number of anilines is 1. The summed E-state index contributed by atoms with van der Waals surface area (Å²) in [5.41, 5.74) is 0.705. The maximum absolute atomic E-state index is 12.7. The molecule has 2 aromatic rings. The fourth-order valence-electron chi connectivity index (χ4n) is 3.15. The summed E-state index contributed by atoms with van der Waals surface area (Å²) in [5.74, 6) is -1.48. The van der Waals surface area contributed by atoms with E-state index in [0.29, 0.717) is 0 Å². The molecule has 0 fully saturated rings. The number of carbonyl (C=O) groups excluding carboxylic acids is 3. The number of nitro groups is 1. The molecule has 0 aromatic heterocycles. The highest BCUT2D eigenvalue weighted by Crippen LogP contribution is 2.35. The number of ether oxygens (including phenoxy) is 2. The third kappa shape index (κ3) is 5.35. The van der Waals surface area contributed by atoms with Gasteiger partial charge in [-0.25, -0.2) is 4.79 Å². The number of amides is 2. The minimum atomic E-state index is -0.949. The van der Waals surface area contributed by atoms with Crippen molar-refractivity contribution in [1.82, 2.24) is 5.32 Å². The lowest BCUT2D eigenvalue weighted by molar-refractivity contribution is -0.384. The average Bonchev–Trinajstić information content (AvgIpc) is 2.75. The molecule has 0 saturated heterocycles. The standard InChI is InChI=1S/C21H21N3O7/c1-2-30-21(27)16(10-14-6-4-3-5-7-14)22-19(25)12-23-17-11-15(24(28)29)8-9-18(17)31-13-20(23)26/h3-9,11,16H,2,10,12-13H2,1H3,(H,22,25). The maximum atomic E-state index is 12.7. The van der Waals surface area contributed by atoms with Crippen LogP contribution in [0.5, 0.6) is 5.75 Å². The van der Waals surface area contributed by atoms with Crippen LogP contribution in [0.2, 0.25) is 0 Å². The van der Waals surface area contributed by atoms with Crippen molar-refractivity contribution in [3.05, 3.63) is 64.2 Å². The van der Waals surface area contributed by atoms with E-state index in [1.54, 1.807) is 6.92 Å². The Balaban J connectivity index is 1.77. The SMILES string of the molecule is CCOC(=O)C(Cc1ccccc1)NC(=O)CN1C(=O)COc2ccc([N+](=O)[O-])cc21. The molecule has 10 heteroatoms. The molecule has 1 N–H and O–H groups in total. The van der Waals surface area contributed by atoms with Crippen LogP contribution in [0.25, 0.3) is 0 Å².